The van der Waals surface area contributed by atoms with Crippen molar-refractivity contribution >= 4 is 28.6 Å². The molecule has 2 aromatic heterocycles. The number of amides is 1. The maximum atomic E-state index is 14.8. The number of fused-ring (bicyclic) bond motifs is 1. The predicted molar refractivity (Wildman–Crippen MR) is 146 cm³/mol. The molecule has 2 atom stereocenters. The number of nitrogens with one attached hydrogen (secondary N) is 1. The SMILES string of the molecule is CN(C)[C@@H]1CCN2CCN(c3c(NC(=O)c4csc(-c5ccnnc5)n4)ccc(OC4CC4)c3C(F)(F)F)C[C@@H]12. The molecule has 1 aliphatic carbocycles. The monoisotopic (exact) mass is 573 g/mol. The van der Waals surface area contributed by atoms with Crippen molar-refractivity contribution < 1.29 is 22.7 Å². The number of hydrogen-bond acceptors (Lipinski definition) is 9. The average molecular weight is 574 g/mol. The molecule has 9 nitrogen and oxygen atoms in total. The molecule has 0 spiro atoms. The Hall–Kier alpha value is -3.29. The van der Waals surface area contributed by atoms with Gasteiger partial charge in [0.05, 0.1) is 29.9 Å². The van der Waals surface area contributed by atoms with E-state index in [1.54, 1.807) is 16.3 Å². The molecule has 6 rings (SSSR count). The van der Waals surface area contributed by atoms with Crippen LogP contribution in [-0.2, 0) is 6.18 Å². The number of nitrogens with zero attached hydrogens (tertiary/aromatic N) is 6. The minimum absolute atomic E-state index is 0.0446. The standard InChI is InChI=1S/C27H30F3N7O2S/c1-35(2)20-8-10-36-11-12-37(14-21(20)36)24-18(5-6-22(39-17-3-4-17)23(24)27(28,29)30)33-25(38)19-15-40-26(34-19)16-7-9-31-32-13-16/h5-7,9,13,15,17,20-21H,3-4,8,10-12,14H2,1-2H3,(H,33,38)/t20-,21+/m1/s1. The number of anilines is 2. The number of carbonyl (C=O) groups excluding carboxylic acids is 1. The molecule has 1 amide bonds. The van der Waals surface area contributed by atoms with Gasteiger partial charge in [-0.3, -0.25) is 9.69 Å². The summed E-state index contributed by atoms with van der Waals surface area (Å²) in [5.74, 6) is -0.775. The van der Waals surface area contributed by atoms with Crippen LogP contribution in [0.4, 0.5) is 24.5 Å². The van der Waals surface area contributed by atoms with Gasteiger partial charge in [0.15, 0.2) is 0 Å². The van der Waals surface area contributed by atoms with Crippen LogP contribution in [0.3, 0.4) is 0 Å². The van der Waals surface area contributed by atoms with Crippen molar-refractivity contribution in [2.75, 3.05) is 50.5 Å². The molecule has 0 unspecified atom stereocenters. The van der Waals surface area contributed by atoms with Crippen LogP contribution < -0.4 is 15.0 Å². The van der Waals surface area contributed by atoms with E-state index >= 15 is 0 Å². The quantitative estimate of drug-likeness (QED) is 0.450. The van der Waals surface area contributed by atoms with Crippen LogP contribution in [-0.4, -0.2) is 89.4 Å². The number of thiazole rings is 1. The third-order valence-electron chi connectivity index (χ3n) is 7.73. The van der Waals surface area contributed by atoms with Gasteiger partial charge in [-0.15, -0.1) is 11.3 Å². The van der Waals surface area contributed by atoms with Crippen LogP contribution >= 0.6 is 11.3 Å². The number of ether oxygens (including phenoxy) is 1. The van der Waals surface area contributed by atoms with Crippen LogP contribution in [0.5, 0.6) is 5.75 Å². The molecule has 3 aliphatic rings. The van der Waals surface area contributed by atoms with Gasteiger partial charge in [-0.1, -0.05) is 0 Å². The van der Waals surface area contributed by atoms with E-state index in [0.29, 0.717) is 30.2 Å². The first-order valence-corrected chi connectivity index (χ1v) is 14.2. The van der Waals surface area contributed by atoms with Crippen LogP contribution in [0, 0.1) is 0 Å². The zero-order valence-electron chi connectivity index (χ0n) is 22.2. The Morgan fingerprint density at radius 2 is 1.95 bits per heavy atom. The highest BCUT2D eigenvalue weighted by Crippen LogP contribution is 2.48. The third kappa shape index (κ3) is 5.37. The highest BCUT2D eigenvalue weighted by atomic mass is 32.1. The number of piperazine rings is 1. The molecule has 2 aliphatic heterocycles. The van der Waals surface area contributed by atoms with Gasteiger partial charge in [0.25, 0.3) is 5.91 Å². The minimum atomic E-state index is -4.68. The second-order valence-electron chi connectivity index (χ2n) is 10.6. The molecule has 1 saturated carbocycles. The van der Waals surface area contributed by atoms with Gasteiger partial charge >= 0.3 is 6.18 Å². The number of halogens is 3. The lowest BCUT2D eigenvalue weighted by atomic mass is 10.0. The van der Waals surface area contributed by atoms with Gasteiger partial charge in [0.1, 0.15) is 22.0 Å². The van der Waals surface area contributed by atoms with Crippen molar-refractivity contribution in [3.05, 3.63) is 47.2 Å². The Morgan fingerprint density at radius 3 is 2.65 bits per heavy atom. The lowest BCUT2D eigenvalue weighted by molar-refractivity contribution is -0.138. The lowest BCUT2D eigenvalue weighted by Crippen LogP contribution is -2.56. The highest BCUT2D eigenvalue weighted by Gasteiger charge is 2.45. The van der Waals surface area contributed by atoms with Crippen LogP contribution in [0.1, 0.15) is 35.3 Å². The first-order valence-electron chi connectivity index (χ1n) is 13.3. The molecule has 1 aromatic carbocycles. The maximum absolute atomic E-state index is 14.8. The summed E-state index contributed by atoms with van der Waals surface area (Å²) < 4.78 is 50.1. The summed E-state index contributed by atoms with van der Waals surface area (Å²) in [6.45, 7) is 2.38. The molecular formula is C27H30F3N7O2S. The fraction of sp³-hybridized carbons (Fsp3) is 0.481. The second kappa shape index (κ2) is 10.6. The van der Waals surface area contributed by atoms with E-state index in [4.69, 9.17) is 4.74 Å². The summed E-state index contributed by atoms with van der Waals surface area (Å²) in [6, 6.07) is 4.88. The Bertz CT molecular complexity index is 1380. The topological polar surface area (TPSA) is 86.7 Å². The van der Waals surface area contributed by atoms with E-state index < -0.39 is 17.6 Å². The van der Waals surface area contributed by atoms with E-state index in [0.717, 1.165) is 25.8 Å². The van der Waals surface area contributed by atoms with Crippen molar-refractivity contribution in [3.63, 3.8) is 0 Å². The van der Waals surface area contributed by atoms with Crippen LogP contribution in [0.25, 0.3) is 10.6 Å². The first-order chi connectivity index (χ1) is 19.2. The van der Waals surface area contributed by atoms with Crippen LogP contribution in [0.2, 0.25) is 0 Å². The van der Waals surface area contributed by atoms with Crippen molar-refractivity contribution in [3.8, 4) is 16.3 Å². The molecule has 212 valence electrons. The number of carbonyl (C=O) groups is 1. The highest BCUT2D eigenvalue weighted by molar-refractivity contribution is 7.13. The van der Waals surface area contributed by atoms with Gasteiger partial charge < -0.3 is 19.9 Å². The third-order valence-corrected chi connectivity index (χ3v) is 8.62. The number of benzene rings is 1. The molecule has 2 saturated heterocycles. The fourth-order valence-corrected chi connectivity index (χ4v) is 6.43. The zero-order chi connectivity index (χ0) is 28.0. The summed E-state index contributed by atoms with van der Waals surface area (Å²) >= 11 is 1.25. The van der Waals surface area contributed by atoms with Gasteiger partial charge in [0.2, 0.25) is 0 Å². The van der Waals surface area contributed by atoms with E-state index in [-0.39, 0.29) is 41.0 Å². The Morgan fingerprint density at radius 1 is 1.12 bits per heavy atom. The van der Waals surface area contributed by atoms with Crippen molar-refractivity contribution in [2.24, 2.45) is 0 Å². The molecule has 3 aromatic rings. The molecular weight excluding hydrogens is 543 g/mol. The number of likely N-dealkylation sites (N-methyl/N-ethyl adjacent to an activating group) is 1. The van der Waals surface area contributed by atoms with E-state index in [1.807, 2.05) is 14.1 Å². The Labute approximate surface area is 234 Å². The van der Waals surface area contributed by atoms with Gasteiger partial charge in [0, 0.05) is 49.2 Å². The Kier molecular flexibility index (Phi) is 7.13. The molecule has 0 bridgehead atoms. The largest absolute Gasteiger partial charge is 0.490 e. The first kappa shape index (κ1) is 26.9. The van der Waals surface area contributed by atoms with Gasteiger partial charge in [-0.25, -0.2) is 4.98 Å². The van der Waals surface area contributed by atoms with Gasteiger partial charge in [-0.05, 0) is 51.6 Å². The summed E-state index contributed by atoms with van der Waals surface area (Å²) in [4.78, 5) is 24.0. The van der Waals surface area contributed by atoms with Crippen molar-refractivity contribution in [1.82, 2.24) is 25.0 Å². The summed E-state index contributed by atoms with van der Waals surface area (Å²) in [7, 11) is 4.02. The molecule has 4 heterocycles. The van der Waals surface area contributed by atoms with E-state index in [1.165, 1.54) is 35.9 Å². The normalized spacial score (nSPS) is 21.5. The summed E-state index contributed by atoms with van der Waals surface area (Å²) in [5.41, 5.74) is 0.0191. The second-order valence-corrected chi connectivity index (χ2v) is 11.5. The predicted octanol–water partition coefficient (Wildman–Crippen LogP) is 4.24. The maximum Gasteiger partial charge on any atom is 0.422 e. The number of alkyl halides is 3. The summed E-state index contributed by atoms with van der Waals surface area (Å²) in [5, 5.41) is 12.5. The molecule has 3 fully saturated rings. The van der Waals surface area contributed by atoms with Crippen molar-refractivity contribution in [2.45, 2.75) is 43.6 Å². The zero-order valence-corrected chi connectivity index (χ0v) is 23.0. The molecule has 13 heteroatoms. The smallest absolute Gasteiger partial charge is 0.422 e. The van der Waals surface area contributed by atoms with Gasteiger partial charge in [-0.2, -0.15) is 23.4 Å². The van der Waals surface area contributed by atoms with Crippen LogP contribution in [0.15, 0.2) is 36.0 Å². The summed E-state index contributed by atoms with van der Waals surface area (Å²) in [6.07, 6.45) is 0.593. The average Bonchev–Trinajstić information content (AvgIpc) is 3.42. The minimum Gasteiger partial charge on any atom is -0.490 e. The molecule has 1 N–H and O–H groups in total. The number of hydrogen-bond donors (Lipinski definition) is 1. The van der Waals surface area contributed by atoms with Crippen molar-refractivity contribution in [1.29, 1.82) is 0 Å². The lowest BCUT2D eigenvalue weighted by Gasteiger charge is -2.43. The van der Waals surface area contributed by atoms with E-state index in [2.05, 4.69) is 30.3 Å². The number of rotatable bonds is 7. The fourth-order valence-electron chi connectivity index (χ4n) is 5.64. The molecule has 0 radical (unpaired) electrons. The molecule has 40 heavy (non-hydrogen) atoms. The Balaban J connectivity index is 1.36. The number of aromatic nitrogens is 3. The van der Waals surface area contributed by atoms with E-state index in [9.17, 15) is 18.0 Å².